The molecule has 74 valence electrons. The molecule has 0 saturated heterocycles. The van der Waals surface area contributed by atoms with Crippen molar-refractivity contribution >= 4 is 11.9 Å². The topological polar surface area (TPSA) is 81.4 Å². The Labute approximate surface area is 77.6 Å². The second-order valence-electron chi connectivity index (χ2n) is 2.81. The van der Waals surface area contributed by atoms with E-state index in [9.17, 15) is 9.59 Å². The minimum Gasteiger partial charge on any atom is -0.463 e. The highest BCUT2D eigenvalue weighted by atomic mass is 16.5. The van der Waals surface area contributed by atoms with Crippen molar-refractivity contribution in [3.05, 3.63) is 13.8 Å². The predicted molar refractivity (Wildman–Crippen MR) is 47.3 cm³/mol. The Bertz CT molecular complexity index is 202. The second kappa shape index (κ2) is 4.81. The number of nitrogens with one attached hydrogen (secondary N) is 1. The van der Waals surface area contributed by atoms with Gasteiger partial charge in [-0.25, -0.2) is 0 Å². The molecule has 5 heteroatoms. The molecular formula is C8H14N2O3. The maximum atomic E-state index is 10.8. The molecule has 0 aromatic rings. The zero-order valence-corrected chi connectivity index (χ0v) is 7.63. The van der Waals surface area contributed by atoms with Gasteiger partial charge in [0.25, 0.3) is 0 Å². The van der Waals surface area contributed by atoms with Gasteiger partial charge >= 0.3 is 5.97 Å². The van der Waals surface area contributed by atoms with Crippen molar-refractivity contribution in [1.29, 1.82) is 0 Å². The van der Waals surface area contributed by atoms with Crippen LogP contribution in [0, 0.1) is 13.8 Å². The van der Waals surface area contributed by atoms with Crippen molar-refractivity contribution in [2.24, 2.45) is 5.73 Å². The molecule has 0 aliphatic heterocycles. The van der Waals surface area contributed by atoms with Crippen LogP contribution in [0.1, 0.15) is 6.92 Å². The van der Waals surface area contributed by atoms with Gasteiger partial charge in [0, 0.05) is 6.92 Å². The highest BCUT2D eigenvalue weighted by Crippen LogP contribution is 2.00. The van der Waals surface area contributed by atoms with Gasteiger partial charge in [-0.05, 0) is 13.8 Å². The fourth-order valence-corrected chi connectivity index (χ4v) is 0.623. The molecule has 0 rings (SSSR count). The van der Waals surface area contributed by atoms with Crippen molar-refractivity contribution in [3.8, 4) is 0 Å². The van der Waals surface area contributed by atoms with Gasteiger partial charge in [0.2, 0.25) is 5.91 Å². The van der Waals surface area contributed by atoms with Gasteiger partial charge in [-0.1, -0.05) is 0 Å². The lowest BCUT2D eigenvalue weighted by Gasteiger charge is -2.24. The molecule has 0 aliphatic rings. The molecule has 13 heavy (non-hydrogen) atoms. The predicted octanol–water partition coefficient (Wildman–Crippen LogP) is -0.969. The van der Waals surface area contributed by atoms with Crippen LogP contribution < -0.4 is 11.1 Å². The smallest absolute Gasteiger partial charge is 0.302 e. The molecule has 2 radical (unpaired) electrons. The van der Waals surface area contributed by atoms with Crippen molar-refractivity contribution in [1.82, 2.24) is 5.32 Å². The van der Waals surface area contributed by atoms with E-state index in [0.29, 0.717) is 0 Å². The maximum absolute atomic E-state index is 10.8. The first kappa shape index (κ1) is 11.9. The van der Waals surface area contributed by atoms with E-state index >= 15 is 0 Å². The maximum Gasteiger partial charge on any atom is 0.302 e. The third-order valence-electron chi connectivity index (χ3n) is 1.14. The Kier molecular flexibility index (Phi) is 4.40. The lowest BCUT2D eigenvalue weighted by atomic mass is 10.1. The van der Waals surface area contributed by atoms with Crippen LogP contribution in [-0.4, -0.2) is 30.6 Å². The molecule has 0 unspecified atom stereocenters. The number of carbonyl (C=O) groups excluding carboxylic acids is 2. The first-order valence-electron chi connectivity index (χ1n) is 3.72. The molecule has 0 saturated carbocycles. The number of ether oxygens (including phenoxy) is 1. The highest BCUT2D eigenvalue weighted by molar-refractivity contribution is 5.78. The Hall–Kier alpha value is -1.10. The van der Waals surface area contributed by atoms with E-state index in [1.54, 1.807) is 0 Å². The molecule has 0 heterocycles. The number of amides is 1. The molecule has 0 fully saturated rings. The van der Waals surface area contributed by atoms with Crippen LogP contribution in [0.4, 0.5) is 0 Å². The molecule has 0 aliphatic carbocycles. The summed E-state index contributed by atoms with van der Waals surface area (Å²) in [4.78, 5) is 21.2. The van der Waals surface area contributed by atoms with E-state index in [-0.39, 0.29) is 13.2 Å². The number of rotatable bonds is 4. The fourth-order valence-electron chi connectivity index (χ4n) is 0.623. The van der Waals surface area contributed by atoms with Gasteiger partial charge in [0.1, 0.15) is 6.61 Å². The minimum absolute atomic E-state index is 0.0753. The van der Waals surface area contributed by atoms with E-state index in [1.165, 1.54) is 6.92 Å². The highest BCUT2D eigenvalue weighted by Gasteiger charge is 2.21. The van der Waals surface area contributed by atoms with Gasteiger partial charge in [0.15, 0.2) is 0 Å². The Morgan fingerprint density at radius 1 is 1.54 bits per heavy atom. The van der Waals surface area contributed by atoms with E-state index in [2.05, 4.69) is 23.9 Å². The van der Waals surface area contributed by atoms with E-state index < -0.39 is 17.4 Å². The molecule has 5 nitrogen and oxygen atoms in total. The minimum atomic E-state index is -1.07. The number of carbonyl (C=O) groups is 2. The number of hydrogen-bond donors (Lipinski definition) is 2. The molecule has 0 aromatic carbocycles. The molecule has 3 N–H and O–H groups in total. The molecule has 1 amide bonds. The van der Waals surface area contributed by atoms with E-state index in [0.717, 1.165) is 0 Å². The Balaban J connectivity index is 3.92. The first-order valence-corrected chi connectivity index (χ1v) is 3.72. The van der Waals surface area contributed by atoms with Crippen molar-refractivity contribution in [3.63, 3.8) is 0 Å². The summed E-state index contributed by atoms with van der Waals surface area (Å²) in [6, 6.07) is 0. The summed E-state index contributed by atoms with van der Waals surface area (Å²) in [6.07, 6.45) is 0. The van der Waals surface area contributed by atoms with Crippen LogP contribution in [-0.2, 0) is 14.3 Å². The van der Waals surface area contributed by atoms with Crippen molar-refractivity contribution in [2.75, 3.05) is 13.2 Å². The van der Waals surface area contributed by atoms with Gasteiger partial charge in [0.05, 0.1) is 12.1 Å². The van der Waals surface area contributed by atoms with Crippen LogP contribution >= 0.6 is 0 Å². The van der Waals surface area contributed by atoms with Crippen LogP contribution in [0.2, 0.25) is 0 Å². The number of esters is 1. The average molecular weight is 186 g/mol. The van der Waals surface area contributed by atoms with Gasteiger partial charge < -0.3 is 15.8 Å². The quantitative estimate of drug-likeness (QED) is 0.553. The van der Waals surface area contributed by atoms with Crippen molar-refractivity contribution in [2.45, 2.75) is 12.5 Å². The van der Waals surface area contributed by atoms with E-state index in [4.69, 9.17) is 5.73 Å². The number of hydrogen-bond acceptors (Lipinski definition) is 4. The molecule has 0 spiro atoms. The third kappa shape index (κ3) is 6.10. The summed E-state index contributed by atoms with van der Waals surface area (Å²) in [5, 5.41) is 2.40. The van der Waals surface area contributed by atoms with Crippen LogP contribution in [0.25, 0.3) is 0 Å². The van der Waals surface area contributed by atoms with E-state index in [1.807, 2.05) is 0 Å². The lowest BCUT2D eigenvalue weighted by Crippen LogP contribution is -2.49. The second-order valence-corrected chi connectivity index (χ2v) is 2.81. The summed E-state index contributed by atoms with van der Waals surface area (Å²) in [5.74, 6) is -0.837. The summed E-state index contributed by atoms with van der Waals surface area (Å²) in [5.41, 5.74) is 3.99. The summed E-state index contributed by atoms with van der Waals surface area (Å²) >= 11 is 0. The van der Waals surface area contributed by atoms with Crippen molar-refractivity contribution < 1.29 is 14.3 Å². The number of nitrogens with two attached hydrogens (primary N) is 1. The SMILES string of the molecule is [CH2]C([CH2])(COC(C)=O)NC(=O)CN. The summed E-state index contributed by atoms with van der Waals surface area (Å²) < 4.78 is 4.63. The molecule has 0 bridgehead atoms. The van der Waals surface area contributed by atoms with Crippen LogP contribution in [0.3, 0.4) is 0 Å². The fraction of sp³-hybridized carbons (Fsp3) is 0.500. The van der Waals surface area contributed by atoms with Gasteiger partial charge in [-0.2, -0.15) is 0 Å². The molecular weight excluding hydrogens is 172 g/mol. The monoisotopic (exact) mass is 186 g/mol. The summed E-state index contributed by atoms with van der Waals surface area (Å²) in [7, 11) is 0. The normalized spacial score (nSPS) is 10.8. The average Bonchev–Trinajstić information content (AvgIpc) is 2.00. The molecule has 0 aromatic heterocycles. The first-order chi connectivity index (χ1) is 5.87. The Morgan fingerprint density at radius 3 is 2.46 bits per heavy atom. The summed E-state index contributed by atoms with van der Waals surface area (Å²) in [6.45, 7) is 8.15. The zero-order valence-electron chi connectivity index (χ0n) is 7.63. The van der Waals surface area contributed by atoms with Gasteiger partial charge in [-0.15, -0.1) is 0 Å². The standard InChI is InChI=1S/C8H14N2O3/c1-6(11)13-5-8(2,3)10-7(12)4-9/h2-5,9H2,1H3,(H,10,12). The lowest BCUT2D eigenvalue weighted by molar-refractivity contribution is -0.143. The van der Waals surface area contributed by atoms with Crippen LogP contribution in [0.5, 0.6) is 0 Å². The zero-order chi connectivity index (χ0) is 10.5. The third-order valence-corrected chi connectivity index (χ3v) is 1.14. The Morgan fingerprint density at radius 2 is 2.08 bits per heavy atom. The largest absolute Gasteiger partial charge is 0.463 e. The molecule has 0 atom stereocenters. The van der Waals surface area contributed by atoms with Gasteiger partial charge in [-0.3, -0.25) is 9.59 Å². The van der Waals surface area contributed by atoms with Crippen LogP contribution in [0.15, 0.2) is 0 Å².